The van der Waals surface area contributed by atoms with Gasteiger partial charge in [-0.05, 0) is 43.0 Å². The number of rotatable bonds is 6. The maximum Gasteiger partial charge on any atom is 0.125 e. The molecule has 2 N–H and O–H groups in total. The molecular weight excluding hydrogens is 253 g/mol. The van der Waals surface area contributed by atoms with Gasteiger partial charge in [0.05, 0.1) is 5.60 Å². The Bertz CT molecular complexity index is 373. The van der Waals surface area contributed by atoms with Crippen molar-refractivity contribution in [3.8, 4) is 0 Å². The van der Waals surface area contributed by atoms with Gasteiger partial charge in [0.1, 0.15) is 5.82 Å². The van der Waals surface area contributed by atoms with Crippen molar-refractivity contribution in [3.05, 3.63) is 34.6 Å². The predicted molar refractivity (Wildman–Crippen MR) is 73.2 cm³/mol. The Balaban J connectivity index is 2.46. The number of hydrogen-bond donors (Lipinski definition) is 2. The highest BCUT2D eigenvalue weighted by Gasteiger charge is 2.21. The van der Waals surface area contributed by atoms with E-state index in [1.165, 1.54) is 12.1 Å². The molecule has 0 heterocycles. The molecule has 2 nitrogen and oxygen atoms in total. The highest BCUT2D eigenvalue weighted by Crippen LogP contribution is 2.16. The number of halogens is 2. The van der Waals surface area contributed by atoms with Crippen LogP contribution in [0.2, 0.25) is 5.02 Å². The molecule has 1 rings (SSSR count). The lowest BCUT2D eigenvalue weighted by Gasteiger charge is -2.25. The second kappa shape index (κ2) is 6.50. The lowest BCUT2D eigenvalue weighted by molar-refractivity contribution is 0.0383. The normalized spacial score (nSPS) is 14.8. The van der Waals surface area contributed by atoms with Crippen LogP contribution in [0.15, 0.2) is 18.2 Å². The van der Waals surface area contributed by atoms with Gasteiger partial charge in [0.15, 0.2) is 0 Å². The number of benzene rings is 1. The van der Waals surface area contributed by atoms with E-state index < -0.39 is 5.60 Å². The maximum absolute atomic E-state index is 13.1. The molecule has 1 aromatic rings. The van der Waals surface area contributed by atoms with Crippen molar-refractivity contribution in [2.75, 3.05) is 6.54 Å². The predicted octanol–water partition coefficient (Wildman–Crippen LogP) is 3.37. The van der Waals surface area contributed by atoms with E-state index in [-0.39, 0.29) is 5.82 Å². The third kappa shape index (κ3) is 5.80. The third-order valence-electron chi connectivity index (χ3n) is 2.61. The SMILES string of the molecule is CC(C)CC(C)(O)CNCc1cc(F)cc(Cl)c1. The van der Waals surface area contributed by atoms with Crippen molar-refractivity contribution in [2.24, 2.45) is 5.92 Å². The minimum atomic E-state index is -0.745. The first-order valence-electron chi connectivity index (χ1n) is 6.16. The molecule has 0 aromatic heterocycles. The van der Waals surface area contributed by atoms with Crippen LogP contribution in [-0.2, 0) is 6.54 Å². The average molecular weight is 274 g/mol. The second-order valence-electron chi connectivity index (χ2n) is 5.48. The van der Waals surface area contributed by atoms with Crippen molar-refractivity contribution in [3.63, 3.8) is 0 Å². The lowest BCUT2D eigenvalue weighted by Crippen LogP contribution is -2.38. The van der Waals surface area contributed by atoms with E-state index in [2.05, 4.69) is 19.2 Å². The highest BCUT2D eigenvalue weighted by atomic mass is 35.5. The van der Waals surface area contributed by atoms with Gasteiger partial charge in [-0.2, -0.15) is 0 Å². The van der Waals surface area contributed by atoms with E-state index in [1.807, 2.05) is 0 Å². The fourth-order valence-electron chi connectivity index (χ4n) is 2.14. The number of hydrogen-bond acceptors (Lipinski definition) is 2. The van der Waals surface area contributed by atoms with E-state index in [4.69, 9.17) is 11.6 Å². The van der Waals surface area contributed by atoms with Crippen LogP contribution < -0.4 is 5.32 Å². The molecule has 1 aromatic carbocycles. The molecule has 0 saturated heterocycles. The molecule has 4 heteroatoms. The van der Waals surface area contributed by atoms with Crippen molar-refractivity contribution < 1.29 is 9.50 Å². The molecule has 0 aliphatic carbocycles. The summed E-state index contributed by atoms with van der Waals surface area (Å²) >= 11 is 5.77. The standard InChI is InChI=1S/C14H21ClFNO/c1-10(2)7-14(3,18)9-17-8-11-4-12(15)6-13(16)5-11/h4-6,10,17-18H,7-9H2,1-3H3. The van der Waals surface area contributed by atoms with Gasteiger partial charge >= 0.3 is 0 Å². The summed E-state index contributed by atoms with van der Waals surface area (Å²) in [5.74, 6) is 0.0960. The van der Waals surface area contributed by atoms with Crippen LogP contribution in [0.5, 0.6) is 0 Å². The van der Waals surface area contributed by atoms with Gasteiger partial charge in [-0.25, -0.2) is 4.39 Å². The van der Waals surface area contributed by atoms with Gasteiger partial charge in [-0.1, -0.05) is 25.4 Å². The van der Waals surface area contributed by atoms with Crippen molar-refractivity contribution in [2.45, 2.75) is 39.3 Å². The molecule has 0 aliphatic rings. The Morgan fingerprint density at radius 1 is 1.39 bits per heavy atom. The maximum atomic E-state index is 13.1. The molecule has 0 amide bonds. The van der Waals surface area contributed by atoms with E-state index in [1.54, 1.807) is 13.0 Å². The van der Waals surface area contributed by atoms with Crippen LogP contribution in [0, 0.1) is 11.7 Å². The third-order valence-corrected chi connectivity index (χ3v) is 2.82. The Labute approximate surface area is 113 Å². The van der Waals surface area contributed by atoms with Crippen molar-refractivity contribution in [1.29, 1.82) is 0 Å². The minimum Gasteiger partial charge on any atom is -0.389 e. The quantitative estimate of drug-likeness (QED) is 0.833. The van der Waals surface area contributed by atoms with Crippen LogP contribution in [0.1, 0.15) is 32.8 Å². The van der Waals surface area contributed by atoms with Crippen molar-refractivity contribution >= 4 is 11.6 Å². The molecule has 0 saturated carbocycles. The molecule has 1 unspecified atom stereocenters. The molecule has 102 valence electrons. The van der Waals surface area contributed by atoms with Crippen molar-refractivity contribution in [1.82, 2.24) is 5.32 Å². The lowest BCUT2D eigenvalue weighted by atomic mass is 9.94. The average Bonchev–Trinajstić information content (AvgIpc) is 2.12. The summed E-state index contributed by atoms with van der Waals surface area (Å²) in [4.78, 5) is 0. The minimum absolute atomic E-state index is 0.340. The first-order valence-corrected chi connectivity index (χ1v) is 6.54. The fourth-order valence-corrected chi connectivity index (χ4v) is 2.39. The molecule has 0 aliphatic heterocycles. The molecule has 18 heavy (non-hydrogen) atoms. The molecule has 0 fully saturated rings. The van der Waals surface area contributed by atoms with E-state index in [0.29, 0.717) is 24.0 Å². The summed E-state index contributed by atoms with van der Waals surface area (Å²) in [6.45, 7) is 6.91. The summed E-state index contributed by atoms with van der Waals surface area (Å²) in [5.41, 5.74) is 0.0333. The highest BCUT2D eigenvalue weighted by molar-refractivity contribution is 6.30. The zero-order valence-corrected chi connectivity index (χ0v) is 11.9. The summed E-state index contributed by atoms with van der Waals surface area (Å²) in [5, 5.41) is 13.6. The summed E-state index contributed by atoms with van der Waals surface area (Å²) in [6.07, 6.45) is 0.726. The Hall–Kier alpha value is -0.640. The van der Waals surface area contributed by atoms with Crippen LogP contribution >= 0.6 is 11.6 Å². The molecule has 0 bridgehead atoms. The fraction of sp³-hybridized carbons (Fsp3) is 0.571. The van der Waals surface area contributed by atoms with E-state index in [9.17, 15) is 9.50 Å². The zero-order chi connectivity index (χ0) is 13.8. The summed E-state index contributed by atoms with van der Waals surface area (Å²) in [7, 11) is 0. The molecule has 1 atom stereocenters. The first-order chi connectivity index (χ1) is 8.28. The van der Waals surface area contributed by atoms with Gasteiger partial charge < -0.3 is 10.4 Å². The van der Waals surface area contributed by atoms with Gasteiger partial charge in [0, 0.05) is 18.1 Å². The van der Waals surface area contributed by atoms with Gasteiger partial charge in [-0.3, -0.25) is 0 Å². The number of aliphatic hydroxyl groups is 1. The monoisotopic (exact) mass is 273 g/mol. The van der Waals surface area contributed by atoms with Gasteiger partial charge in [0.2, 0.25) is 0 Å². The van der Waals surface area contributed by atoms with Crippen LogP contribution in [0.4, 0.5) is 4.39 Å². The largest absolute Gasteiger partial charge is 0.389 e. The van der Waals surface area contributed by atoms with E-state index in [0.717, 1.165) is 12.0 Å². The van der Waals surface area contributed by atoms with Crippen LogP contribution in [-0.4, -0.2) is 17.3 Å². The van der Waals surface area contributed by atoms with Crippen LogP contribution in [0.25, 0.3) is 0 Å². The second-order valence-corrected chi connectivity index (χ2v) is 5.91. The van der Waals surface area contributed by atoms with Gasteiger partial charge in [0.25, 0.3) is 0 Å². The zero-order valence-electron chi connectivity index (χ0n) is 11.1. The Morgan fingerprint density at radius 2 is 2.06 bits per heavy atom. The molecule has 0 radical (unpaired) electrons. The number of nitrogens with one attached hydrogen (secondary N) is 1. The first kappa shape index (κ1) is 15.4. The van der Waals surface area contributed by atoms with E-state index >= 15 is 0 Å². The Kier molecular flexibility index (Phi) is 5.57. The molecule has 0 spiro atoms. The Morgan fingerprint density at radius 3 is 2.61 bits per heavy atom. The van der Waals surface area contributed by atoms with Crippen LogP contribution in [0.3, 0.4) is 0 Å². The molecular formula is C14H21ClFNO. The topological polar surface area (TPSA) is 32.3 Å². The summed E-state index contributed by atoms with van der Waals surface area (Å²) < 4.78 is 13.1. The smallest absolute Gasteiger partial charge is 0.125 e. The van der Waals surface area contributed by atoms with Gasteiger partial charge in [-0.15, -0.1) is 0 Å². The summed E-state index contributed by atoms with van der Waals surface area (Å²) in [6, 6.07) is 4.44.